The van der Waals surface area contributed by atoms with Crippen LogP contribution < -0.4 is 4.90 Å². The predicted molar refractivity (Wildman–Crippen MR) is 102 cm³/mol. The maximum atomic E-state index is 12.4. The highest BCUT2D eigenvalue weighted by molar-refractivity contribution is 5.76. The first-order valence-corrected chi connectivity index (χ1v) is 9.57. The Kier molecular flexibility index (Phi) is 5.85. The fourth-order valence-electron chi connectivity index (χ4n) is 3.72. The van der Waals surface area contributed by atoms with E-state index in [0.29, 0.717) is 19.4 Å². The van der Waals surface area contributed by atoms with Gasteiger partial charge in [0.15, 0.2) is 0 Å². The number of β-amino-alcohol motifs (C(OH)–C–C–N with tert-alkyl or cyclic N) is 1. The van der Waals surface area contributed by atoms with Gasteiger partial charge >= 0.3 is 0 Å². The van der Waals surface area contributed by atoms with Gasteiger partial charge in [-0.05, 0) is 38.0 Å². The number of piperazine rings is 1. The lowest BCUT2D eigenvalue weighted by Gasteiger charge is -2.40. The first kappa shape index (κ1) is 19.1. The van der Waals surface area contributed by atoms with E-state index in [0.717, 1.165) is 32.7 Å². The molecule has 2 N–H and O–H groups in total. The van der Waals surface area contributed by atoms with Crippen molar-refractivity contribution in [1.29, 1.82) is 0 Å². The summed E-state index contributed by atoms with van der Waals surface area (Å²) in [6, 6.07) is 8.58. The summed E-state index contributed by atoms with van der Waals surface area (Å²) in [4.78, 5) is 18.8. The molecule has 0 radical (unpaired) electrons. The quantitative estimate of drug-likeness (QED) is 0.832. The number of anilines is 1. The van der Waals surface area contributed by atoms with E-state index in [4.69, 9.17) is 0 Å². The Morgan fingerprint density at radius 1 is 1.23 bits per heavy atom. The lowest BCUT2D eigenvalue weighted by atomic mass is 9.90. The second-order valence-electron chi connectivity index (χ2n) is 7.88. The standard InChI is InChI=1S/C20H31N3O3/c1-16-4-3-5-17(14-16)22-12-10-21(11-13-22)8-6-19(25)23-9-7-20(2,26)18(24)15-23/h3-5,14,18,24,26H,6-13,15H2,1-2H3/t18-,20+/m1/s1. The Morgan fingerprint density at radius 2 is 1.96 bits per heavy atom. The van der Waals surface area contributed by atoms with Gasteiger partial charge in [-0.15, -0.1) is 0 Å². The number of aliphatic hydroxyl groups excluding tert-OH is 1. The molecule has 3 rings (SSSR count). The van der Waals surface area contributed by atoms with Crippen LogP contribution in [0, 0.1) is 6.92 Å². The van der Waals surface area contributed by atoms with Crippen LogP contribution >= 0.6 is 0 Å². The number of amides is 1. The van der Waals surface area contributed by atoms with Crippen LogP contribution in [0.2, 0.25) is 0 Å². The molecule has 6 heteroatoms. The Labute approximate surface area is 156 Å². The topological polar surface area (TPSA) is 67.2 Å². The van der Waals surface area contributed by atoms with Gasteiger partial charge in [-0.25, -0.2) is 0 Å². The van der Waals surface area contributed by atoms with E-state index in [2.05, 4.69) is 41.0 Å². The molecule has 0 aliphatic carbocycles. The summed E-state index contributed by atoms with van der Waals surface area (Å²) in [6.07, 6.45) is 0.0343. The van der Waals surface area contributed by atoms with Gasteiger partial charge in [0.2, 0.25) is 5.91 Å². The molecule has 1 aromatic rings. The Morgan fingerprint density at radius 3 is 2.62 bits per heavy atom. The van der Waals surface area contributed by atoms with Crippen molar-refractivity contribution in [3.05, 3.63) is 29.8 Å². The van der Waals surface area contributed by atoms with Crippen molar-refractivity contribution in [2.24, 2.45) is 0 Å². The molecule has 1 aromatic carbocycles. The molecule has 26 heavy (non-hydrogen) atoms. The third-order valence-electron chi connectivity index (χ3n) is 5.73. The van der Waals surface area contributed by atoms with E-state index < -0.39 is 11.7 Å². The normalized spacial score (nSPS) is 27.6. The van der Waals surface area contributed by atoms with Crippen LogP contribution in [0.3, 0.4) is 0 Å². The molecule has 2 aliphatic heterocycles. The van der Waals surface area contributed by atoms with E-state index in [9.17, 15) is 15.0 Å². The van der Waals surface area contributed by atoms with Gasteiger partial charge in [0.25, 0.3) is 0 Å². The third-order valence-corrected chi connectivity index (χ3v) is 5.73. The van der Waals surface area contributed by atoms with E-state index >= 15 is 0 Å². The average Bonchev–Trinajstić information content (AvgIpc) is 2.62. The highest BCUT2D eigenvalue weighted by Crippen LogP contribution is 2.22. The van der Waals surface area contributed by atoms with Crippen LogP contribution in [0.5, 0.6) is 0 Å². The molecular formula is C20H31N3O3. The molecule has 6 nitrogen and oxygen atoms in total. The van der Waals surface area contributed by atoms with E-state index in [1.807, 2.05) is 0 Å². The lowest BCUT2D eigenvalue weighted by molar-refractivity contribution is -0.146. The molecule has 2 heterocycles. The van der Waals surface area contributed by atoms with Gasteiger partial charge in [0.05, 0.1) is 11.7 Å². The van der Waals surface area contributed by atoms with Crippen molar-refractivity contribution in [1.82, 2.24) is 9.80 Å². The SMILES string of the molecule is Cc1cccc(N2CCN(CCC(=O)N3CC[C@](C)(O)[C@H](O)C3)CC2)c1. The molecule has 0 aromatic heterocycles. The van der Waals surface area contributed by atoms with E-state index in [-0.39, 0.29) is 12.5 Å². The lowest BCUT2D eigenvalue weighted by Crippen LogP contribution is -2.55. The van der Waals surface area contributed by atoms with Crippen LogP contribution in [-0.4, -0.2) is 83.4 Å². The van der Waals surface area contributed by atoms with Crippen LogP contribution in [0.25, 0.3) is 0 Å². The number of aryl methyl sites for hydroxylation is 1. The second-order valence-corrected chi connectivity index (χ2v) is 7.88. The predicted octanol–water partition coefficient (Wildman–Crippen LogP) is 0.851. The molecule has 0 saturated carbocycles. The number of aliphatic hydroxyl groups is 2. The zero-order chi connectivity index (χ0) is 18.7. The number of rotatable bonds is 4. The molecule has 0 unspecified atom stereocenters. The highest BCUT2D eigenvalue weighted by atomic mass is 16.3. The molecule has 1 amide bonds. The van der Waals surface area contributed by atoms with Crippen molar-refractivity contribution in [2.45, 2.75) is 38.4 Å². The number of hydrogen-bond donors (Lipinski definition) is 2. The molecule has 2 fully saturated rings. The number of piperidine rings is 1. The minimum absolute atomic E-state index is 0.0701. The van der Waals surface area contributed by atoms with Gasteiger partial charge in [-0.3, -0.25) is 9.69 Å². The monoisotopic (exact) mass is 361 g/mol. The van der Waals surface area contributed by atoms with Crippen molar-refractivity contribution < 1.29 is 15.0 Å². The summed E-state index contributed by atoms with van der Waals surface area (Å²) >= 11 is 0. The number of carbonyl (C=O) groups excluding carboxylic acids is 1. The largest absolute Gasteiger partial charge is 0.388 e. The average molecular weight is 361 g/mol. The summed E-state index contributed by atoms with van der Waals surface area (Å²) in [7, 11) is 0. The first-order valence-electron chi connectivity index (χ1n) is 9.57. The van der Waals surface area contributed by atoms with Crippen molar-refractivity contribution in [3.63, 3.8) is 0 Å². The number of carbonyl (C=O) groups is 1. The van der Waals surface area contributed by atoms with Crippen molar-refractivity contribution in [3.8, 4) is 0 Å². The second kappa shape index (κ2) is 7.94. The zero-order valence-corrected chi connectivity index (χ0v) is 15.9. The Hall–Kier alpha value is -1.63. The highest BCUT2D eigenvalue weighted by Gasteiger charge is 2.37. The maximum Gasteiger partial charge on any atom is 0.223 e. The summed E-state index contributed by atoms with van der Waals surface area (Å²) in [5.41, 5.74) is 1.47. The molecular weight excluding hydrogens is 330 g/mol. The minimum Gasteiger partial charge on any atom is -0.388 e. The van der Waals surface area contributed by atoms with Gasteiger partial charge in [-0.2, -0.15) is 0 Å². The number of likely N-dealkylation sites (tertiary alicyclic amines) is 1. The Bertz CT molecular complexity index is 626. The molecule has 144 valence electrons. The van der Waals surface area contributed by atoms with Crippen molar-refractivity contribution in [2.75, 3.05) is 50.7 Å². The molecule has 0 spiro atoms. The minimum atomic E-state index is -1.08. The summed E-state index contributed by atoms with van der Waals surface area (Å²) in [6.45, 7) is 9.11. The summed E-state index contributed by atoms with van der Waals surface area (Å²) in [5, 5.41) is 20.0. The first-order chi connectivity index (χ1) is 12.3. The third kappa shape index (κ3) is 4.55. The van der Waals surface area contributed by atoms with Crippen molar-refractivity contribution >= 4 is 11.6 Å². The van der Waals surface area contributed by atoms with Crippen LogP contribution in [0.1, 0.15) is 25.3 Å². The molecule has 2 aliphatic rings. The van der Waals surface area contributed by atoms with Gasteiger partial charge in [0.1, 0.15) is 0 Å². The molecule has 2 saturated heterocycles. The smallest absolute Gasteiger partial charge is 0.223 e. The summed E-state index contributed by atoms with van der Waals surface area (Å²) < 4.78 is 0. The van der Waals surface area contributed by atoms with Gasteiger partial charge in [0, 0.05) is 57.9 Å². The van der Waals surface area contributed by atoms with Gasteiger partial charge in [-0.1, -0.05) is 12.1 Å². The zero-order valence-electron chi connectivity index (χ0n) is 15.9. The number of benzene rings is 1. The number of nitrogens with zero attached hydrogens (tertiary/aromatic N) is 3. The summed E-state index contributed by atoms with van der Waals surface area (Å²) in [5.74, 6) is 0.0701. The van der Waals surface area contributed by atoms with Gasteiger partial charge < -0.3 is 20.0 Å². The van der Waals surface area contributed by atoms with Crippen LogP contribution in [0.4, 0.5) is 5.69 Å². The van der Waals surface area contributed by atoms with E-state index in [1.165, 1.54) is 11.3 Å². The Balaban J connectivity index is 1.42. The van der Waals surface area contributed by atoms with Crippen LogP contribution in [-0.2, 0) is 4.79 Å². The van der Waals surface area contributed by atoms with Crippen LogP contribution in [0.15, 0.2) is 24.3 Å². The molecule has 2 atom stereocenters. The molecule has 0 bridgehead atoms. The maximum absolute atomic E-state index is 12.4. The number of hydrogen-bond acceptors (Lipinski definition) is 5. The van der Waals surface area contributed by atoms with E-state index in [1.54, 1.807) is 11.8 Å². The fourth-order valence-corrected chi connectivity index (χ4v) is 3.72. The fraction of sp³-hybridized carbons (Fsp3) is 0.650.